The third-order valence-corrected chi connectivity index (χ3v) is 6.22. The second kappa shape index (κ2) is 8.91. The Kier molecular flexibility index (Phi) is 6.55. The summed E-state index contributed by atoms with van der Waals surface area (Å²) >= 11 is 1.62. The first kappa shape index (κ1) is 20.6. The normalized spacial score (nSPS) is 16.8. The number of nitrogens with zero attached hydrogens (tertiary/aromatic N) is 1. The molecule has 0 fully saturated rings. The van der Waals surface area contributed by atoms with E-state index in [9.17, 15) is 4.79 Å². The largest absolute Gasteiger partial charge is 0.493 e. The number of carbonyl (C=O) groups excluding carboxylic acids is 1. The highest BCUT2D eigenvalue weighted by Gasteiger charge is 2.30. The van der Waals surface area contributed by atoms with Crippen LogP contribution in [0.25, 0.3) is 6.08 Å². The van der Waals surface area contributed by atoms with Gasteiger partial charge in [-0.2, -0.15) is 0 Å². The van der Waals surface area contributed by atoms with Crippen LogP contribution in [0.3, 0.4) is 0 Å². The molecule has 3 rings (SSSR count). The Morgan fingerprint density at radius 1 is 1.36 bits per heavy atom. The number of para-hydroxylation sites is 1. The fraction of sp³-hybridized carbons (Fsp3) is 0.478. The zero-order chi connectivity index (χ0) is 20.1. The number of hydrogen-bond acceptors (Lipinski definition) is 4. The minimum Gasteiger partial charge on any atom is -0.493 e. The molecule has 2 aromatic rings. The Hall–Kier alpha value is -2.14. The fourth-order valence-corrected chi connectivity index (χ4v) is 4.53. The van der Waals surface area contributed by atoms with Crippen LogP contribution in [0.5, 0.6) is 5.75 Å². The highest BCUT2D eigenvalue weighted by Crippen LogP contribution is 2.40. The van der Waals surface area contributed by atoms with Gasteiger partial charge in [0.25, 0.3) is 0 Å². The minimum absolute atomic E-state index is 0.163. The van der Waals surface area contributed by atoms with E-state index in [-0.39, 0.29) is 5.91 Å². The maximum atomic E-state index is 12.4. The van der Waals surface area contributed by atoms with E-state index in [1.54, 1.807) is 23.5 Å². The van der Waals surface area contributed by atoms with Gasteiger partial charge in [0.2, 0.25) is 5.91 Å². The third kappa shape index (κ3) is 5.22. The Morgan fingerprint density at radius 2 is 2.14 bits per heavy atom. The molecule has 150 valence electrons. The zero-order valence-corrected chi connectivity index (χ0v) is 18.1. The monoisotopic (exact) mass is 398 g/mol. The first-order valence-corrected chi connectivity index (χ1v) is 10.9. The van der Waals surface area contributed by atoms with Gasteiger partial charge in [0.15, 0.2) is 5.13 Å². The molecule has 1 atom stereocenters. The van der Waals surface area contributed by atoms with E-state index in [4.69, 9.17) is 4.74 Å². The second-order valence-electron chi connectivity index (χ2n) is 8.40. The van der Waals surface area contributed by atoms with Crippen molar-refractivity contribution >= 4 is 28.5 Å². The molecule has 0 saturated heterocycles. The number of anilines is 1. The Labute approximate surface area is 172 Å². The lowest BCUT2D eigenvalue weighted by atomic mass is 9.73. The van der Waals surface area contributed by atoms with Crippen molar-refractivity contribution in [3.8, 4) is 5.75 Å². The second-order valence-corrected chi connectivity index (χ2v) is 9.49. The van der Waals surface area contributed by atoms with Crippen LogP contribution >= 0.6 is 11.3 Å². The summed E-state index contributed by atoms with van der Waals surface area (Å²) in [5.74, 6) is 1.30. The van der Waals surface area contributed by atoms with Crippen molar-refractivity contribution in [1.82, 2.24) is 4.98 Å². The van der Waals surface area contributed by atoms with Crippen LogP contribution in [0.2, 0.25) is 0 Å². The van der Waals surface area contributed by atoms with Crippen LogP contribution in [0.15, 0.2) is 30.3 Å². The number of ether oxygens (including phenoxy) is 1. The number of carbonyl (C=O) groups is 1. The predicted molar refractivity (Wildman–Crippen MR) is 117 cm³/mol. The number of aryl methyl sites for hydroxylation is 1. The van der Waals surface area contributed by atoms with Crippen molar-refractivity contribution in [1.29, 1.82) is 0 Å². The Morgan fingerprint density at radius 3 is 2.89 bits per heavy atom. The molecule has 1 unspecified atom stereocenters. The molecule has 0 radical (unpaired) electrons. The SMILES string of the molecule is CCCOc1ccccc1/C=C/C(=O)Nc1nc2c(s1)CC(C(C)(C)C)CC2. The third-order valence-electron chi connectivity index (χ3n) is 5.19. The number of fused-ring (bicyclic) bond motifs is 1. The molecule has 1 aliphatic rings. The highest BCUT2D eigenvalue weighted by atomic mass is 32.1. The number of aromatic nitrogens is 1. The van der Waals surface area contributed by atoms with Gasteiger partial charge in [-0.25, -0.2) is 4.98 Å². The van der Waals surface area contributed by atoms with E-state index in [2.05, 4.69) is 38.0 Å². The average molecular weight is 399 g/mol. The van der Waals surface area contributed by atoms with Gasteiger partial charge in [-0.15, -0.1) is 11.3 Å². The van der Waals surface area contributed by atoms with E-state index in [0.717, 1.165) is 36.3 Å². The van der Waals surface area contributed by atoms with Crippen molar-refractivity contribution < 1.29 is 9.53 Å². The number of nitrogens with one attached hydrogen (secondary N) is 1. The molecule has 0 spiro atoms. The summed E-state index contributed by atoms with van der Waals surface area (Å²) in [4.78, 5) is 18.3. The topological polar surface area (TPSA) is 51.2 Å². The molecule has 0 saturated carbocycles. The standard InChI is InChI=1S/C23H30N2O2S/c1-5-14-27-19-9-7-6-8-16(19)10-13-21(26)25-22-24-18-12-11-17(23(2,3)4)15-20(18)28-22/h6-10,13,17H,5,11-12,14-15H2,1-4H3,(H,24,25,26)/b13-10+. The quantitative estimate of drug-likeness (QED) is 0.632. The fourth-order valence-electron chi connectivity index (χ4n) is 3.44. The van der Waals surface area contributed by atoms with Gasteiger partial charge >= 0.3 is 0 Å². The summed E-state index contributed by atoms with van der Waals surface area (Å²) in [6.45, 7) is 9.65. The molecule has 0 aliphatic heterocycles. The first-order chi connectivity index (χ1) is 13.4. The summed E-state index contributed by atoms with van der Waals surface area (Å²) in [5, 5.41) is 3.63. The van der Waals surface area contributed by atoms with Gasteiger partial charge in [-0.05, 0) is 49.2 Å². The summed E-state index contributed by atoms with van der Waals surface area (Å²) in [5.41, 5.74) is 2.36. The summed E-state index contributed by atoms with van der Waals surface area (Å²) in [7, 11) is 0. The van der Waals surface area contributed by atoms with E-state index in [0.29, 0.717) is 23.1 Å². The van der Waals surface area contributed by atoms with Crippen LogP contribution in [0.1, 0.15) is 56.7 Å². The predicted octanol–water partition coefficient (Wildman–Crippen LogP) is 5.73. The van der Waals surface area contributed by atoms with Crippen LogP contribution in [0.4, 0.5) is 5.13 Å². The van der Waals surface area contributed by atoms with Crippen molar-refractivity contribution in [2.45, 2.75) is 53.4 Å². The number of hydrogen-bond donors (Lipinski definition) is 1. The van der Waals surface area contributed by atoms with Crippen LogP contribution < -0.4 is 10.1 Å². The van der Waals surface area contributed by atoms with E-state index in [1.165, 1.54) is 11.3 Å². The molecule has 1 amide bonds. The van der Waals surface area contributed by atoms with Gasteiger partial charge in [-0.3, -0.25) is 10.1 Å². The molecule has 28 heavy (non-hydrogen) atoms. The van der Waals surface area contributed by atoms with Gasteiger partial charge in [-0.1, -0.05) is 45.9 Å². The number of benzene rings is 1. The van der Waals surface area contributed by atoms with Crippen LogP contribution in [-0.4, -0.2) is 17.5 Å². The lowest BCUT2D eigenvalue weighted by molar-refractivity contribution is -0.111. The molecule has 1 aromatic carbocycles. The molecule has 1 heterocycles. The van der Waals surface area contributed by atoms with E-state index < -0.39 is 0 Å². The summed E-state index contributed by atoms with van der Waals surface area (Å²) < 4.78 is 5.74. The van der Waals surface area contributed by atoms with Crippen LogP contribution in [-0.2, 0) is 17.6 Å². The van der Waals surface area contributed by atoms with Gasteiger partial charge in [0.05, 0.1) is 12.3 Å². The molecule has 1 aromatic heterocycles. The van der Waals surface area contributed by atoms with Gasteiger partial charge in [0.1, 0.15) is 5.75 Å². The van der Waals surface area contributed by atoms with Crippen molar-refractivity contribution in [2.24, 2.45) is 11.3 Å². The van der Waals surface area contributed by atoms with E-state index >= 15 is 0 Å². The highest BCUT2D eigenvalue weighted by molar-refractivity contribution is 7.15. The van der Waals surface area contributed by atoms with Crippen molar-refractivity contribution in [3.63, 3.8) is 0 Å². The number of thiazole rings is 1. The molecular formula is C23H30N2O2S. The summed E-state index contributed by atoms with van der Waals surface area (Å²) in [6, 6.07) is 7.75. The van der Waals surface area contributed by atoms with Crippen LogP contribution in [0, 0.1) is 11.3 Å². The molecular weight excluding hydrogens is 368 g/mol. The molecule has 5 heteroatoms. The van der Waals surface area contributed by atoms with Crippen molar-refractivity contribution in [2.75, 3.05) is 11.9 Å². The average Bonchev–Trinajstić information content (AvgIpc) is 3.06. The lowest BCUT2D eigenvalue weighted by Gasteiger charge is -2.33. The number of rotatable bonds is 6. The van der Waals surface area contributed by atoms with E-state index in [1.807, 2.05) is 24.3 Å². The van der Waals surface area contributed by atoms with Gasteiger partial charge < -0.3 is 4.74 Å². The molecule has 1 aliphatic carbocycles. The molecule has 1 N–H and O–H groups in total. The molecule has 0 bridgehead atoms. The summed E-state index contributed by atoms with van der Waals surface area (Å²) in [6.07, 6.45) is 7.52. The molecule has 4 nitrogen and oxygen atoms in total. The van der Waals surface area contributed by atoms with Crippen molar-refractivity contribution in [3.05, 3.63) is 46.5 Å². The maximum Gasteiger partial charge on any atom is 0.250 e. The maximum absolute atomic E-state index is 12.4. The smallest absolute Gasteiger partial charge is 0.250 e. The minimum atomic E-state index is -0.163. The zero-order valence-electron chi connectivity index (χ0n) is 17.2. The Bertz CT molecular complexity index is 849. The number of amides is 1. The first-order valence-electron chi connectivity index (χ1n) is 10.1. The lowest BCUT2D eigenvalue weighted by Crippen LogP contribution is -2.26. The van der Waals surface area contributed by atoms with Gasteiger partial charge in [0, 0.05) is 16.5 Å². The Balaban J connectivity index is 1.64.